The number of alkyl carbamates (subject to hydrolysis) is 1. The zero-order chi connectivity index (χ0) is 41.3. The van der Waals surface area contributed by atoms with Crippen molar-refractivity contribution in [1.29, 1.82) is 0 Å². The first-order valence-electron chi connectivity index (χ1n) is 18.9. The first kappa shape index (κ1) is 42.8. The third kappa shape index (κ3) is 12.1. The molecular weight excluding hydrogens is 765 g/mol. The summed E-state index contributed by atoms with van der Waals surface area (Å²) in [4.78, 5) is 58.9. The summed E-state index contributed by atoms with van der Waals surface area (Å²) in [5.74, 6) is -3.35. The van der Waals surface area contributed by atoms with E-state index in [4.69, 9.17) is 14.2 Å². The minimum absolute atomic E-state index is 0.00401. The highest BCUT2D eigenvalue weighted by Gasteiger charge is 2.28. The Bertz CT molecular complexity index is 2020. The summed E-state index contributed by atoms with van der Waals surface area (Å²) in [5, 5.41) is 18.9. The molecule has 0 bridgehead atoms. The molecule has 0 unspecified atom stereocenters. The molecule has 4 aromatic heterocycles. The molecule has 4 heterocycles. The number of carbonyl (C=O) groups is 4. The van der Waals surface area contributed by atoms with E-state index in [0.29, 0.717) is 23.6 Å². The average Bonchev–Trinajstić information content (AvgIpc) is 3.93. The molecule has 0 saturated heterocycles. The summed E-state index contributed by atoms with van der Waals surface area (Å²) in [6.45, 7) is 11.4. The van der Waals surface area contributed by atoms with Crippen molar-refractivity contribution in [1.82, 2.24) is 40.2 Å². The Morgan fingerprint density at radius 1 is 1.04 bits per heavy atom. The van der Waals surface area contributed by atoms with Gasteiger partial charge >= 0.3 is 12.1 Å². The molecule has 3 amide bonds. The number of hydrogen-bond acceptors (Lipinski definition) is 12. The van der Waals surface area contributed by atoms with Crippen LogP contribution in [0.2, 0.25) is 0 Å². The lowest BCUT2D eigenvalue weighted by Gasteiger charge is -2.28. The summed E-state index contributed by atoms with van der Waals surface area (Å²) < 4.78 is 48.4. The number of nitrogens with zero attached hydrogens (tertiary/aromatic N) is 6. The number of thiazole rings is 1. The largest absolute Gasteiger partial charge is 0.444 e. The average molecular weight is 814 g/mol. The van der Waals surface area contributed by atoms with Crippen molar-refractivity contribution in [2.45, 2.75) is 111 Å². The maximum atomic E-state index is 14.9. The van der Waals surface area contributed by atoms with Crippen molar-refractivity contribution in [3.8, 4) is 22.0 Å². The van der Waals surface area contributed by atoms with Crippen LogP contribution < -0.4 is 16.0 Å². The molecule has 1 saturated carbocycles. The topological polar surface area (TPSA) is 193 Å². The fourth-order valence-electron chi connectivity index (χ4n) is 6.12. The number of carbonyl (C=O) groups excluding carboxylic acids is 4. The molecule has 1 aliphatic rings. The minimum Gasteiger partial charge on any atom is -0.444 e. The zero-order valence-electron chi connectivity index (χ0n) is 32.8. The van der Waals surface area contributed by atoms with Crippen LogP contribution in [0.5, 0.6) is 0 Å². The minimum atomic E-state index is -0.886. The lowest BCUT2D eigenvalue weighted by molar-refractivity contribution is -0.148. The van der Waals surface area contributed by atoms with Crippen molar-refractivity contribution in [2.24, 2.45) is 5.92 Å². The first-order valence-corrected chi connectivity index (χ1v) is 19.7. The Morgan fingerprint density at radius 2 is 1.79 bits per heavy atom. The summed E-state index contributed by atoms with van der Waals surface area (Å²) in [5.41, 5.74) is -0.233. The van der Waals surface area contributed by atoms with Crippen molar-refractivity contribution < 1.29 is 42.2 Å². The molecule has 16 nitrogen and oxygen atoms in total. The number of nitrogens with one attached hydrogen (secondary N) is 3. The Balaban J connectivity index is 1.13. The maximum Gasteiger partial charge on any atom is 0.408 e. The number of halogens is 2. The van der Waals surface area contributed by atoms with Crippen LogP contribution in [0.1, 0.15) is 96.6 Å². The van der Waals surface area contributed by atoms with Gasteiger partial charge < -0.3 is 30.2 Å². The maximum absolute atomic E-state index is 14.9. The number of pyridine rings is 1. The van der Waals surface area contributed by atoms with Crippen molar-refractivity contribution in [3.05, 3.63) is 53.6 Å². The van der Waals surface area contributed by atoms with Gasteiger partial charge in [-0.15, -0.1) is 11.3 Å². The summed E-state index contributed by atoms with van der Waals surface area (Å²) in [7, 11) is 0. The van der Waals surface area contributed by atoms with E-state index in [0.717, 1.165) is 37.8 Å². The van der Waals surface area contributed by atoms with Crippen molar-refractivity contribution in [3.63, 3.8) is 0 Å². The van der Waals surface area contributed by atoms with E-state index < -0.39 is 41.4 Å². The monoisotopic (exact) mass is 813 g/mol. The van der Waals surface area contributed by atoms with Crippen LogP contribution in [0.25, 0.3) is 22.0 Å². The van der Waals surface area contributed by atoms with Gasteiger partial charge in [-0.25, -0.2) is 23.8 Å². The molecule has 1 aliphatic carbocycles. The molecule has 308 valence electrons. The number of rotatable bonds is 16. The van der Waals surface area contributed by atoms with E-state index in [9.17, 15) is 28.0 Å². The van der Waals surface area contributed by atoms with Gasteiger partial charge in [0.1, 0.15) is 33.7 Å². The van der Waals surface area contributed by atoms with Crippen LogP contribution in [0.3, 0.4) is 0 Å². The summed E-state index contributed by atoms with van der Waals surface area (Å²) in [6.07, 6.45) is 7.70. The van der Waals surface area contributed by atoms with E-state index >= 15 is 0 Å². The lowest BCUT2D eigenvalue weighted by Crippen LogP contribution is -2.51. The number of esters is 1. The van der Waals surface area contributed by atoms with Crippen LogP contribution >= 0.6 is 11.3 Å². The molecule has 0 spiro atoms. The Labute approximate surface area is 333 Å². The molecular formula is C38H49F2N9O7S. The Hall–Kier alpha value is -5.30. The third-order valence-corrected chi connectivity index (χ3v) is 9.78. The van der Waals surface area contributed by atoms with E-state index in [2.05, 4.69) is 36.1 Å². The molecule has 3 N–H and O–H groups in total. The highest BCUT2D eigenvalue weighted by atomic mass is 32.1. The third-order valence-electron chi connectivity index (χ3n) is 8.89. The SMILES string of the molecule is CCO[C@H]1CC[C@H](n2cc(NC(=O)c3csc(-c4cnn(COC(=O)CCCNC(=O)[C@@H](NC(=O)OC(C)(C)C)C(C)C)c4)n3)c(-c3nc(F)ccc3F)n2)CC1. The number of anilines is 1. The summed E-state index contributed by atoms with van der Waals surface area (Å²) >= 11 is 1.19. The quantitative estimate of drug-likeness (QED) is 0.0657. The number of ether oxygens (including phenoxy) is 3. The molecule has 4 aromatic rings. The van der Waals surface area contributed by atoms with Crippen molar-refractivity contribution in [2.75, 3.05) is 18.5 Å². The van der Waals surface area contributed by atoms with Crippen LogP contribution in [0.4, 0.5) is 19.3 Å². The zero-order valence-corrected chi connectivity index (χ0v) is 33.7. The number of hydrogen-bond donors (Lipinski definition) is 3. The van der Waals surface area contributed by atoms with E-state index in [1.807, 2.05) is 6.92 Å². The van der Waals surface area contributed by atoms with Gasteiger partial charge in [0.05, 0.1) is 24.0 Å². The predicted molar refractivity (Wildman–Crippen MR) is 206 cm³/mol. The molecule has 0 aliphatic heterocycles. The second-order valence-corrected chi connectivity index (χ2v) is 15.7. The van der Waals surface area contributed by atoms with E-state index in [-0.39, 0.29) is 66.4 Å². The highest BCUT2D eigenvalue weighted by molar-refractivity contribution is 7.13. The molecule has 0 aromatic carbocycles. The molecule has 5 rings (SSSR count). The van der Waals surface area contributed by atoms with Gasteiger partial charge in [0.25, 0.3) is 5.91 Å². The van der Waals surface area contributed by atoms with Crippen molar-refractivity contribution >= 4 is 40.9 Å². The second-order valence-electron chi connectivity index (χ2n) is 14.9. The molecule has 1 fully saturated rings. The summed E-state index contributed by atoms with van der Waals surface area (Å²) in [6, 6.07) is 1.04. The number of aromatic nitrogens is 6. The normalized spacial score (nSPS) is 16.2. The van der Waals surface area contributed by atoms with Crippen LogP contribution in [0, 0.1) is 17.7 Å². The molecule has 1 atom stereocenters. The Kier molecular flexibility index (Phi) is 14.5. The van der Waals surface area contributed by atoms with Gasteiger partial charge in [0.15, 0.2) is 12.5 Å². The standard InChI is InChI=1S/C38H49F2N9O7S/c1-7-54-25-12-10-24(11-13-25)49-19-27(33(47-49)32-26(39)14-15-29(40)45-32)43-34(51)28-20-57-36(44-28)23-17-42-48(18-23)21-55-30(50)9-8-16-41-35(52)31(22(2)3)46-37(53)56-38(4,5)6/h14-15,17-20,22,24-25,31H,7-13,16,21H2,1-6H3,(H,41,52)(H,43,51)(H,46,53)/t24-,25-,31-/m0/s1. The van der Waals surface area contributed by atoms with E-state index in [1.54, 1.807) is 57.1 Å². The molecule has 0 radical (unpaired) electrons. The lowest BCUT2D eigenvalue weighted by atomic mass is 9.93. The Morgan fingerprint density at radius 3 is 2.49 bits per heavy atom. The van der Waals surface area contributed by atoms with Crippen LogP contribution in [0.15, 0.2) is 36.1 Å². The fourth-order valence-corrected chi connectivity index (χ4v) is 6.89. The fraction of sp³-hybridized carbons (Fsp3) is 0.526. The number of amides is 3. The highest BCUT2D eigenvalue weighted by Crippen LogP contribution is 2.35. The van der Waals surface area contributed by atoms with Crippen LogP contribution in [-0.2, 0) is 30.5 Å². The molecule has 57 heavy (non-hydrogen) atoms. The second kappa shape index (κ2) is 19.2. The van der Waals surface area contributed by atoms with Crippen LogP contribution in [-0.4, -0.2) is 84.3 Å². The van der Waals surface area contributed by atoms with Gasteiger partial charge in [0.2, 0.25) is 11.9 Å². The predicted octanol–water partition coefficient (Wildman–Crippen LogP) is 6.26. The molecule has 19 heteroatoms. The smallest absolute Gasteiger partial charge is 0.408 e. The van der Waals surface area contributed by atoms with Gasteiger partial charge in [0, 0.05) is 42.9 Å². The van der Waals surface area contributed by atoms with Gasteiger partial charge in [-0.3, -0.25) is 19.1 Å². The van der Waals surface area contributed by atoms with Gasteiger partial charge in [-0.1, -0.05) is 13.8 Å². The van der Waals surface area contributed by atoms with Gasteiger partial charge in [-0.05, 0) is 77.8 Å². The first-order chi connectivity index (χ1) is 27.1. The van der Waals surface area contributed by atoms with E-state index in [1.165, 1.54) is 22.2 Å². The van der Waals surface area contributed by atoms with Gasteiger partial charge in [-0.2, -0.15) is 14.6 Å².